The van der Waals surface area contributed by atoms with Crippen LogP contribution in [0.2, 0.25) is 0 Å². The summed E-state index contributed by atoms with van der Waals surface area (Å²) in [5, 5.41) is 0. The molecule has 0 bridgehead atoms. The number of hydrogen-bond donors (Lipinski definition) is 0. The molecule has 18 heavy (non-hydrogen) atoms. The van der Waals surface area contributed by atoms with Crippen LogP contribution in [0.15, 0.2) is 30.3 Å². The summed E-state index contributed by atoms with van der Waals surface area (Å²) in [6, 6.07) is 9.69. The summed E-state index contributed by atoms with van der Waals surface area (Å²) in [4.78, 5) is 1.64. The summed E-state index contributed by atoms with van der Waals surface area (Å²) < 4.78 is 23.0. The molecule has 0 unspecified atom stereocenters. The van der Waals surface area contributed by atoms with E-state index < -0.39 is 7.66 Å². The Bertz CT molecular complexity index is 381. The van der Waals surface area contributed by atoms with E-state index in [2.05, 4.69) is 0 Å². The van der Waals surface area contributed by atoms with E-state index in [4.69, 9.17) is 18.2 Å². The van der Waals surface area contributed by atoms with Gasteiger partial charge in [0.15, 0.2) is 0 Å². The molecule has 1 aliphatic heterocycles. The minimum atomic E-state index is -3.52. The van der Waals surface area contributed by atoms with Gasteiger partial charge in [-0.15, -0.1) is 0 Å². The predicted molar refractivity (Wildman–Crippen MR) is 71.8 cm³/mol. The van der Waals surface area contributed by atoms with Gasteiger partial charge in [0.25, 0.3) is 0 Å². The predicted octanol–water partition coefficient (Wildman–Crippen LogP) is 3.68. The van der Waals surface area contributed by atoms with Crippen molar-refractivity contribution in [2.45, 2.75) is 20.8 Å². The Balaban J connectivity index is 2.29. The van der Waals surface area contributed by atoms with Crippen LogP contribution in [0, 0.1) is 0 Å². The van der Waals surface area contributed by atoms with Crippen LogP contribution < -0.4 is 4.83 Å². The molecule has 102 valence electrons. The Labute approximate surface area is 108 Å². The zero-order chi connectivity index (χ0) is 13.1. The molecular weight excluding hydrogens is 253 g/mol. The van der Waals surface area contributed by atoms with Crippen molar-refractivity contribution in [3.63, 3.8) is 0 Å². The van der Waals surface area contributed by atoms with E-state index in [1.165, 1.54) is 0 Å². The van der Waals surface area contributed by atoms with Gasteiger partial charge in [0.2, 0.25) is 0 Å². The Morgan fingerprint density at radius 3 is 1.89 bits per heavy atom. The summed E-state index contributed by atoms with van der Waals surface area (Å²) in [6.07, 6.45) is 0. The molecule has 1 aromatic carbocycles. The number of benzene rings is 1. The van der Waals surface area contributed by atoms with E-state index in [9.17, 15) is 0 Å². The van der Waals surface area contributed by atoms with Crippen molar-refractivity contribution in [3.8, 4) is 0 Å². The van der Waals surface area contributed by atoms with Gasteiger partial charge < -0.3 is 0 Å². The maximum atomic E-state index is 5.77. The summed E-state index contributed by atoms with van der Waals surface area (Å²) in [5.41, 5.74) is 0.880. The third-order valence-electron chi connectivity index (χ3n) is 2.50. The monoisotopic (exact) mass is 273 g/mol. The Morgan fingerprint density at radius 1 is 0.944 bits per heavy atom. The van der Waals surface area contributed by atoms with Gasteiger partial charge in [-0.25, -0.2) is 0 Å². The van der Waals surface area contributed by atoms with E-state index in [-0.39, 0.29) is 0 Å². The van der Waals surface area contributed by atoms with Crippen molar-refractivity contribution in [1.82, 2.24) is 0 Å². The second-order valence-corrected chi connectivity index (χ2v) is 6.57. The first kappa shape index (κ1) is 13.7. The first-order chi connectivity index (χ1) is 8.70. The Kier molecular flexibility index (Phi) is 3.90. The third kappa shape index (κ3) is 2.13. The fraction of sp³-hybridized carbons (Fsp3) is 0.500. The van der Waals surface area contributed by atoms with Crippen molar-refractivity contribution in [1.29, 1.82) is 0 Å². The molecule has 1 aliphatic rings. The zero-order valence-corrected chi connectivity index (χ0v) is 11.9. The molecule has 0 radical (unpaired) electrons. The molecule has 2 rings (SSSR count). The van der Waals surface area contributed by atoms with Gasteiger partial charge >= 0.3 is 107 Å². The summed E-state index contributed by atoms with van der Waals surface area (Å²) in [5.74, 6) is 0. The summed E-state index contributed by atoms with van der Waals surface area (Å²) in [7, 11) is -3.52. The molecule has 0 spiro atoms. The SMILES string of the molecule is CCOP1(OCC)(OCC)ON1c1ccccc1. The van der Waals surface area contributed by atoms with Gasteiger partial charge in [0.1, 0.15) is 0 Å². The molecule has 0 aromatic heterocycles. The summed E-state index contributed by atoms with van der Waals surface area (Å²) >= 11 is 0. The number of nitrogens with zero attached hydrogens (tertiary/aromatic N) is 1. The van der Waals surface area contributed by atoms with Crippen LogP contribution in [0.25, 0.3) is 0 Å². The fourth-order valence-corrected chi connectivity index (χ4v) is 4.97. The molecule has 0 saturated carbocycles. The maximum absolute atomic E-state index is 5.77. The van der Waals surface area contributed by atoms with E-state index in [0.717, 1.165) is 5.69 Å². The number of rotatable bonds is 7. The minimum absolute atomic E-state index is 0.473. The van der Waals surface area contributed by atoms with Crippen molar-refractivity contribution >= 4 is 13.3 Å². The Hall–Kier alpha value is -0.710. The van der Waals surface area contributed by atoms with E-state index >= 15 is 0 Å². The van der Waals surface area contributed by atoms with E-state index in [1.54, 1.807) is 4.83 Å². The van der Waals surface area contributed by atoms with Crippen LogP contribution in [0.5, 0.6) is 0 Å². The molecule has 1 aromatic rings. The van der Waals surface area contributed by atoms with Crippen LogP contribution in [0.3, 0.4) is 0 Å². The molecule has 1 heterocycles. The van der Waals surface area contributed by atoms with Crippen LogP contribution in [-0.4, -0.2) is 19.8 Å². The zero-order valence-electron chi connectivity index (χ0n) is 11.0. The quantitative estimate of drug-likeness (QED) is 0.560. The molecule has 1 saturated heterocycles. The normalized spacial score (nSPS) is 22.2. The average Bonchev–Trinajstić information content (AvgIpc) is 3.01. The summed E-state index contributed by atoms with van der Waals surface area (Å²) in [6.45, 7) is 7.12. The first-order valence-electron chi connectivity index (χ1n) is 6.23. The van der Waals surface area contributed by atoms with Crippen LogP contribution in [-0.2, 0) is 18.2 Å². The van der Waals surface area contributed by atoms with Crippen LogP contribution >= 0.6 is 7.66 Å². The molecule has 1 fully saturated rings. The van der Waals surface area contributed by atoms with Crippen molar-refractivity contribution in [2.75, 3.05) is 24.7 Å². The van der Waals surface area contributed by atoms with Gasteiger partial charge in [-0.2, -0.15) is 0 Å². The standard InChI is InChI=1S/C12H20NO4P/c1-4-14-18(15-5-2,16-6-3)13(17-18)12-10-8-7-9-11-12/h7-11H,4-6H2,1-3H3. The fourth-order valence-electron chi connectivity index (χ4n) is 1.89. The van der Waals surface area contributed by atoms with Gasteiger partial charge in [-0.3, -0.25) is 0 Å². The number of anilines is 1. The van der Waals surface area contributed by atoms with Gasteiger partial charge in [-0.05, 0) is 0 Å². The van der Waals surface area contributed by atoms with Gasteiger partial charge in [-0.1, -0.05) is 0 Å². The van der Waals surface area contributed by atoms with Crippen molar-refractivity contribution < 1.29 is 18.2 Å². The number of hydrogen-bond acceptors (Lipinski definition) is 5. The molecule has 5 nitrogen and oxygen atoms in total. The first-order valence-corrected chi connectivity index (χ1v) is 8.10. The molecule has 0 N–H and O–H groups in total. The average molecular weight is 273 g/mol. The second kappa shape index (κ2) is 5.11. The van der Waals surface area contributed by atoms with Gasteiger partial charge in [0.05, 0.1) is 0 Å². The van der Waals surface area contributed by atoms with Crippen molar-refractivity contribution in [2.24, 2.45) is 0 Å². The van der Waals surface area contributed by atoms with E-state index in [0.29, 0.717) is 19.8 Å². The molecular formula is C12H20NO4P. The van der Waals surface area contributed by atoms with E-state index in [1.807, 2.05) is 51.1 Å². The second-order valence-electron chi connectivity index (χ2n) is 3.72. The topological polar surface area (TPSA) is 43.2 Å². The molecule has 0 aliphatic carbocycles. The van der Waals surface area contributed by atoms with Crippen molar-refractivity contribution in [3.05, 3.63) is 30.3 Å². The molecule has 0 amide bonds. The van der Waals surface area contributed by atoms with Crippen LogP contribution in [0.4, 0.5) is 5.69 Å². The molecule has 6 heteroatoms. The third-order valence-corrected chi connectivity index (χ3v) is 5.77. The van der Waals surface area contributed by atoms with Crippen LogP contribution in [0.1, 0.15) is 20.8 Å². The van der Waals surface area contributed by atoms with Gasteiger partial charge in [0, 0.05) is 0 Å². The Morgan fingerprint density at radius 2 is 1.44 bits per heavy atom. The molecule has 0 atom stereocenters. The number of para-hydroxylation sites is 1.